The maximum absolute atomic E-state index is 13.8. The van der Waals surface area contributed by atoms with E-state index >= 15 is 0 Å². The number of halogens is 2. The maximum atomic E-state index is 13.8. The van der Waals surface area contributed by atoms with Gasteiger partial charge in [-0.2, -0.15) is 4.73 Å². The third-order valence-electron chi connectivity index (χ3n) is 8.15. The van der Waals surface area contributed by atoms with E-state index in [0.29, 0.717) is 45.9 Å². The zero-order valence-electron chi connectivity index (χ0n) is 28.0. The summed E-state index contributed by atoms with van der Waals surface area (Å²) in [4.78, 5) is 31.7. The average molecular weight is 634 g/mol. The second-order valence-electron chi connectivity index (χ2n) is 13.2. The number of carbonyl (C=O) groups excluding carboxylic acids is 1. The van der Waals surface area contributed by atoms with Crippen LogP contribution in [0.15, 0.2) is 48.8 Å². The molecule has 0 aliphatic rings. The van der Waals surface area contributed by atoms with Crippen molar-refractivity contribution in [2.45, 2.75) is 112 Å². The molecule has 46 heavy (non-hydrogen) atoms. The molecule has 4 heterocycles. The lowest BCUT2D eigenvalue weighted by Crippen LogP contribution is -2.15. The molecule has 4 aromatic heterocycles. The zero-order valence-corrected chi connectivity index (χ0v) is 28.0. The Labute approximate surface area is 272 Å². The van der Waals surface area contributed by atoms with Crippen LogP contribution in [0.4, 0.5) is 14.6 Å². The van der Waals surface area contributed by atoms with Crippen molar-refractivity contribution in [2.75, 3.05) is 11.9 Å². The van der Waals surface area contributed by atoms with Gasteiger partial charge in [0.05, 0.1) is 17.0 Å². The molecule has 0 atom stereocenters. The Morgan fingerprint density at radius 2 is 1.61 bits per heavy atom. The molecule has 0 aromatic carbocycles. The standard InChI is InChI=1S/C37H49F2N5O2/c1-6-27-19-23-41-33-32(29-17-16-18-30(43-29)36(38)39)34(28-20-22-40-31(25-28)42-26(2)45)44(35(27)33)46-24-15-13-11-9-7-8-10-12-14-21-37(3,4)5/h16-20,22-23,25,36H,6-15,21,24H2,1-5H3,(H,40,42,45). The lowest BCUT2D eigenvalue weighted by Gasteiger charge is -2.17. The molecule has 4 rings (SSSR count). The average Bonchev–Trinajstić information content (AvgIpc) is 3.35. The number of carbonyl (C=O) groups is 1. The summed E-state index contributed by atoms with van der Waals surface area (Å²) in [5, 5.41) is 2.74. The van der Waals surface area contributed by atoms with E-state index in [-0.39, 0.29) is 11.6 Å². The molecule has 0 fully saturated rings. The van der Waals surface area contributed by atoms with E-state index in [1.807, 2.05) is 12.1 Å². The van der Waals surface area contributed by atoms with E-state index in [1.165, 1.54) is 57.9 Å². The molecule has 9 heteroatoms. The topological polar surface area (TPSA) is 81.9 Å². The molecule has 7 nitrogen and oxygen atoms in total. The number of nitrogens with zero attached hydrogens (tertiary/aromatic N) is 4. The Balaban J connectivity index is 1.57. The summed E-state index contributed by atoms with van der Waals surface area (Å²) in [7, 11) is 0. The van der Waals surface area contributed by atoms with Gasteiger partial charge in [0.25, 0.3) is 6.43 Å². The van der Waals surface area contributed by atoms with Gasteiger partial charge in [0, 0.05) is 24.9 Å². The number of hydrogen-bond donors (Lipinski definition) is 1. The summed E-state index contributed by atoms with van der Waals surface area (Å²) in [5.41, 5.74) is 4.82. The van der Waals surface area contributed by atoms with Crippen LogP contribution in [0.2, 0.25) is 0 Å². The fraction of sp³-hybridized carbons (Fsp3) is 0.514. The summed E-state index contributed by atoms with van der Waals surface area (Å²) >= 11 is 0. The third kappa shape index (κ3) is 9.56. The number of pyridine rings is 3. The van der Waals surface area contributed by atoms with Gasteiger partial charge in [-0.05, 0) is 67.0 Å². The quantitative estimate of drug-likeness (QED) is 0.117. The van der Waals surface area contributed by atoms with Crippen LogP contribution in [0.25, 0.3) is 33.5 Å². The number of amides is 1. The highest BCUT2D eigenvalue weighted by Gasteiger charge is 2.26. The van der Waals surface area contributed by atoms with Crippen LogP contribution in [0, 0.1) is 5.41 Å². The molecular formula is C37H49F2N5O2. The van der Waals surface area contributed by atoms with Gasteiger partial charge in [-0.1, -0.05) is 78.7 Å². The number of unbranched alkanes of at least 4 members (excludes halogenated alkanes) is 8. The molecule has 0 saturated heterocycles. The van der Waals surface area contributed by atoms with Crippen molar-refractivity contribution in [2.24, 2.45) is 5.41 Å². The fourth-order valence-corrected chi connectivity index (χ4v) is 5.84. The molecule has 4 aromatic rings. The van der Waals surface area contributed by atoms with Crippen LogP contribution in [-0.4, -0.2) is 32.2 Å². The van der Waals surface area contributed by atoms with Crippen LogP contribution in [0.3, 0.4) is 0 Å². The molecule has 0 saturated carbocycles. The number of nitrogens with one attached hydrogen (secondary N) is 1. The maximum Gasteiger partial charge on any atom is 0.280 e. The lowest BCUT2D eigenvalue weighted by atomic mass is 9.89. The number of rotatable bonds is 17. The van der Waals surface area contributed by atoms with Crippen molar-refractivity contribution in [3.63, 3.8) is 0 Å². The SMILES string of the molecule is CCc1ccnc2c(-c3cccc(C(F)F)n3)c(-c3ccnc(NC(C)=O)c3)n(OCCCCCCCCCCCC(C)(C)C)c12. The lowest BCUT2D eigenvalue weighted by molar-refractivity contribution is -0.114. The summed E-state index contributed by atoms with van der Waals surface area (Å²) < 4.78 is 29.3. The molecule has 0 bridgehead atoms. The van der Waals surface area contributed by atoms with Gasteiger partial charge in [0.15, 0.2) is 0 Å². The van der Waals surface area contributed by atoms with Crippen LogP contribution in [0.5, 0.6) is 0 Å². The fourth-order valence-electron chi connectivity index (χ4n) is 5.84. The Morgan fingerprint density at radius 1 is 0.935 bits per heavy atom. The monoisotopic (exact) mass is 633 g/mol. The normalized spacial score (nSPS) is 11.8. The number of anilines is 1. The Bertz CT molecular complexity index is 1580. The first-order valence-electron chi connectivity index (χ1n) is 16.7. The van der Waals surface area contributed by atoms with Crippen LogP contribution < -0.4 is 10.2 Å². The highest BCUT2D eigenvalue weighted by molar-refractivity contribution is 6.02. The van der Waals surface area contributed by atoms with Crippen LogP contribution in [-0.2, 0) is 11.2 Å². The molecule has 248 valence electrons. The number of aryl methyl sites for hydroxylation is 1. The van der Waals surface area contributed by atoms with Gasteiger partial charge < -0.3 is 10.2 Å². The second kappa shape index (κ2) is 16.6. The Morgan fingerprint density at radius 3 is 2.26 bits per heavy atom. The van der Waals surface area contributed by atoms with Crippen molar-refractivity contribution in [3.05, 3.63) is 60.0 Å². The highest BCUT2D eigenvalue weighted by atomic mass is 19.3. The van der Waals surface area contributed by atoms with E-state index in [1.54, 1.807) is 35.3 Å². The molecule has 0 unspecified atom stereocenters. The molecule has 0 spiro atoms. The van der Waals surface area contributed by atoms with Gasteiger partial charge in [-0.15, -0.1) is 0 Å². The highest BCUT2D eigenvalue weighted by Crippen LogP contribution is 2.41. The summed E-state index contributed by atoms with van der Waals surface area (Å²) in [5.74, 6) is 0.128. The minimum absolute atomic E-state index is 0.247. The minimum atomic E-state index is -2.71. The molecular weight excluding hydrogens is 584 g/mol. The van der Waals surface area contributed by atoms with Gasteiger partial charge in [-0.3, -0.25) is 9.78 Å². The number of aromatic nitrogens is 4. The van der Waals surface area contributed by atoms with Gasteiger partial charge >= 0.3 is 0 Å². The number of fused-ring (bicyclic) bond motifs is 1. The van der Waals surface area contributed by atoms with Crippen molar-refractivity contribution in [1.29, 1.82) is 0 Å². The molecule has 1 N–H and O–H groups in total. The van der Waals surface area contributed by atoms with Crippen molar-refractivity contribution >= 4 is 22.8 Å². The van der Waals surface area contributed by atoms with E-state index in [9.17, 15) is 13.6 Å². The van der Waals surface area contributed by atoms with E-state index in [0.717, 1.165) is 36.8 Å². The first kappa shape index (κ1) is 35.0. The first-order valence-corrected chi connectivity index (χ1v) is 16.7. The Hall–Kier alpha value is -3.88. The number of hydrogen-bond acceptors (Lipinski definition) is 5. The molecule has 0 aliphatic carbocycles. The van der Waals surface area contributed by atoms with Gasteiger partial charge in [-0.25, -0.2) is 18.7 Å². The van der Waals surface area contributed by atoms with Crippen LogP contribution in [0.1, 0.15) is 117 Å². The minimum Gasteiger partial charge on any atom is -0.413 e. The largest absolute Gasteiger partial charge is 0.413 e. The van der Waals surface area contributed by atoms with Crippen molar-refractivity contribution in [1.82, 2.24) is 19.7 Å². The van der Waals surface area contributed by atoms with Gasteiger partial charge in [0.1, 0.15) is 29.2 Å². The molecule has 0 aliphatic heterocycles. The summed E-state index contributed by atoms with van der Waals surface area (Å²) in [6.07, 6.45) is 13.5. The smallest absolute Gasteiger partial charge is 0.280 e. The van der Waals surface area contributed by atoms with E-state index < -0.39 is 6.43 Å². The van der Waals surface area contributed by atoms with Crippen molar-refractivity contribution < 1.29 is 18.4 Å². The van der Waals surface area contributed by atoms with E-state index in [2.05, 4.69) is 43.0 Å². The van der Waals surface area contributed by atoms with Crippen LogP contribution >= 0.6 is 0 Å². The third-order valence-corrected chi connectivity index (χ3v) is 8.15. The van der Waals surface area contributed by atoms with Crippen molar-refractivity contribution in [3.8, 4) is 22.5 Å². The van der Waals surface area contributed by atoms with Gasteiger partial charge in [0.2, 0.25) is 5.91 Å². The zero-order chi connectivity index (χ0) is 33.1. The first-order chi connectivity index (χ1) is 22.1. The number of alkyl halides is 2. The predicted octanol–water partition coefficient (Wildman–Crippen LogP) is 9.99. The Kier molecular flexibility index (Phi) is 12.6. The summed E-state index contributed by atoms with van der Waals surface area (Å²) in [6.45, 7) is 10.9. The second-order valence-corrected chi connectivity index (χ2v) is 13.2. The molecule has 0 radical (unpaired) electrons. The predicted molar refractivity (Wildman–Crippen MR) is 182 cm³/mol. The summed E-state index contributed by atoms with van der Waals surface area (Å²) in [6, 6.07) is 10.1. The molecule has 1 amide bonds. The van der Waals surface area contributed by atoms with E-state index in [4.69, 9.17) is 9.82 Å².